The molecular formula is C21H25N5OS. The maximum absolute atomic E-state index is 12.7. The van der Waals surface area contributed by atoms with Crippen molar-refractivity contribution in [2.24, 2.45) is 5.41 Å². The van der Waals surface area contributed by atoms with Crippen molar-refractivity contribution in [2.75, 3.05) is 19.3 Å². The van der Waals surface area contributed by atoms with Crippen molar-refractivity contribution in [1.29, 1.82) is 5.41 Å². The number of fused-ring (bicyclic) bond motifs is 1. The van der Waals surface area contributed by atoms with Gasteiger partial charge in [-0.05, 0) is 38.9 Å². The Labute approximate surface area is 169 Å². The number of anilines is 1. The van der Waals surface area contributed by atoms with Crippen molar-refractivity contribution in [2.45, 2.75) is 31.8 Å². The van der Waals surface area contributed by atoms with Crippen LogP contribution < -0.4 is 11.1 Å². The summed E-state index contributed by atoms with van der Waals surface area (Å²) in [5.41, 5.74) is 8.89. The third-order valence-corrected chi connectivity index (χ3v) is 7.04. The first-order chi connectivity index (χ1) is 13.3. The number of hydrogen-bond acceptors (Lipinski definition) is 6. The van der Waals surface area contributed by atoms with E-state index in [1.807, 2.05) is 24.4 Å². The number of thiazole rings is 1. The van der Waals surface area contributed by atoms with Crippen LogP contribution in [0.3, 0.4) is 0 Å². The lowest BCUT2D eigenvalue weighted by Crippen LogP contribution is -2.58. The Morgan fingerprint density at radius 3 is 2.89 bits per heavy atom. The first-order valence-electron chi connectivity index (χ1n) is 9.38. The van der Waals surface area contributed by atoms with Crippen LogP contribution in [-0.2, 0) is 4.79 Å². The highest BCUT2D eigenvalue weighted by molar-refractivity contribution is 7.13. The molecule has 1 saturated heterocycles. The van der Waals surface area contributed by atoms with Crippen LogP contribution in [0.5, 0.6) is 0 Å². The van der Waals surface area contributed by atoms with Crippen molar-refractivity contribution < 1.29 is 4.79 Å². The van der Waals surface area contributed by atoms with Crippen molar-refractivity contribution in [3.63, 3.8) is 0 Å². The third kappa shape index (κ3) is 3.04. The van der Waals surface area contributed by atoms with Crippen molar-refractivity contribution >= 4 is 28.6 Å². The smallest absolute Gasteiger partial charge is 0.270 e. The van der Waals surface area contributed by atoms with Gasteiger partial charge < -0.3 is 16.0 Å². The standard InChI is InChI=1S/C21H25N5OS/c1-4-21-9-14(8-17(21)26(3)11-21)25-19(27)18(23)15-6-5-13(7-16(15)22)20-24-12(2)10-28-20/h4-7,10,14,17,23H,1,8-9,11,22H2,2-3H3,(H,25,27). The molecule has 4 rings (SSSR count). The molecule has 3 unspecified atom stereocenters. The molecule has 28 heavy (non-hydrogen) atoms. The number of amides is 1. The number of nitrogens with zero attached hydrogens (tertiary/aromatic N) is 2. The van der Waals surface area contributed by atoms with Crippen LogP contribution in [0.15, 0.2) is 36.2 Å². The summed E-state index contributed by atoms with van der Waals surface area (Å²) in [4.78, 5) is 19.4. The van der Waals surface area contributed by atoms with E-state index in [4.69, 9.17) is 11.1 Å². The van der Waals surface area contributed by atoms with E-state index in [-0.39, 0.29) is 23.1 Å². The Morgan fingerprint density at radius 2 is 2.32 bits per heavy atom. The predicted octanol–water partition coefficient (Wildman–Crippen LogP) is 2.83. The van der Waals surface area contributed by atoms with Gasteiger partial charge in [-0.3, -0.25) is 10.2 Å². The summed E-state index contributed by atoms with van der Waals surface area (Å²) in [5.74, 6) is -0.377. The van der Waals surface area contributed by atoms with Gasteiger partial charge in [0.05, 0.1) is 0 Å². The second kappa shape index (κ2) is 6.83. The van der Waals surface area contributed by atoms with E-state index in [1.54, 1.807) is 23.5 Å². The number of hydrogen-bond donors (Lipinski definition) is 3. The molecule has 2 heterocycles. The lowest BCUT2D eigenvalue weighted by molar-refractivity contribution is -0.115. The van der Waals surface area contributed by atoms with Gasteiger partial charge in [0, 0.05) is 51.9 Å². The van der Waals surface area contributed by atoms with Gasteiger partial charge in [0.1, 0.15) is 10.7 Å². The Balaban J connectivity index is 1.46. The molecule has 1 aliphatic carbocycles. The van der Waals surface area contributed by atoms with E-state index in [0.717, 1.165) is 35.7 Å². The number of carbonyl (C=O) groups is 1. The minimum absolute atomic E-state index is 0.0552. The molecule has 1 saturated carbocycles. The molecule has 1 aromatic heterocycles. The van der Waals surface area contributed by atoms with Crippen molar-refractivity contribution in [1.82, 2.24) is 15.2 Å². The predicted molar refractivity (Wildman–Crippen MR) is 114 cm³/mol. The van der Waals surface area contributed by atoms with Crippen molar-refractivity contribution in [3.05, 3.63) is 47.5 Å². The zero-order valence-corrected chi connectivity index (χ0v) is 17.0. The molecular weight excluding hydrogens is 370 g/mol. The molecule has 0 spiro atoms. The normalized spacial score (nSPS) is 26.4. The number of nitrogens with two attached hydrogens (primary N) is 1. The summed E-state index contributed by atoms with van der Waals surface area (Å²) in [6.45, 7) is 6.92. The van der Waals surface area contributed by atoms with E-state index in [9.17, 15) is 4.79 Å². The molecule has 146 valence electrons. The summed E-state index contributed by atoms with van der Waals surface area (Å²) in [5, 5.41) is 14.2. The van der Waals surface area contributed by atoms with E-state index in [0.29, 0.717) is 17.3 Å². The zero-order chi connectivity index (χ0) is 20.1. The minimum Gasteiger partial charge on any atom is -0.398 e. The number of likely N-dealkylation sites (tertiary alicyclic amines) is 1. The molecule has 6 nitrogen and oxygen atoms in total. The third-order valence-electron chi connectivity index (χ3n) is 6.03. The molecule has 4 N–H and O–H groups in total. The lowest BCUT2D eigenvalue weighted by Gasteiger charge is -2.51. The molecule has 0 radical (unpaired) electrons. The lowest BCUT2D eigenvalue weighted by atomic mass is 9.74. The van der Waals surface area contributed by atoms with Gasteiger partial charge in [0.15, 0.2) is 0 Å². The SMILES string of the molecule is C=CC12CC(NC(=O)C(=N)c3ccc(-c4nc(C)cs4)cc3N)CC1N(C)C2. The van der Waals surface area contributed by atoms with Gasteiger partial charge >= 0.3 is 0 Å². The summed E-state index contributed by atoms with van der Waals surface area (Å²) < 4.78 is 0. The molecule has 3 atom stereocenters. The highest BCUT2D eigenvalue weighted by atomic mass is 32.1. The van der Waals surface area contributed by atoms with Crippen LogP contribution in [0.4, 0.5) is 5.69 Å². The van der Waals surface area contributed by atoms with E-state index in [2.05, 4.69) is 28.8 Å². The number of aryl methyl sites for hydroxylation is 1. The van der Waals surface area contributed by atoms with Crippen LogP contribution in [0.2, 0.25) is 0 Å². The topological polar surface area (TPSA) is 95.1 Å². The summed E-state index contributed by atoms with van der Waals surface area (Å²) in [7, 11) is 2.10. The largest absolute Gasteiger partial charge is 0.398 e. The summed E-state index contributed by atoms with van der Waals surface area (Å²) in [6.07, 6.45) is 3.80. The maximum Gasteiger partial charge on any atom is 0.270 e. The fraction of sp³-hybridized carbons (Fsp3) is 0.381. The fourth-order valence-electron chi connectivity index (χ4n) is 4.62. The highest BCUT2D eigenvalue weighted by Gasteiger charge is 2.55. The van der Waals surface area contributed by atoms with Gasteiger partial charge in [0.2, 0.25) is 0 Å². The molecule has 7 heteroatoms. The molecule has 1 amide bonds. The molecule has 1 aliphatic heterocycles. The van der Waals surface area contributed by atoms with Crippen LogP contribution in [0.1, 0.15) is 24.1 Å². The van der Waals surface area contributed by atoms with E-state index >= 15 is 0 Å². The van der Waals surface area contributed by atoms with Crippen LogP contribution >= 0.6 is 11.3 Å². The summed E-state index contributed by atoms with van der Waals surface area (Å²) >= 11 is 1.55. The summed E-state index contributed by atoms with van der Waals surface area (Å²) in [6, 6.07) is 5.87. The molecule has 2 aromatic rings. The Morgan fingerprint density at radius 1 is 1.54 bits per heavy atom. The first kappa shape index (κ1) is 18.8. The quantitative estimate of drug-likeness (QED) is 0.412. The van der Waals surface area contributed by atoms with Crippen LogP contribution in [0, 0.1) is 17.7 Å². The Hall–Kier alpha value is -2.51. The number of carbonyl (C=O) groups excluding carboxylic acids is 1. The second-order valence-electron chi connectivity index (χ2n) is 7.95. The second-order valence-corrected chi connectivity index (χ2v) is 8.81. The zero-order valence-electron chi connectivity index (χ0n) is 16.2. The number of nitrogen functional groups attached to an aromatic ring is 1. The number of benzene rings is 1. The number of aromatic nitrogens is 1. The number of rotatable bonds is 5. The Kier molecular flexibility index (Phi) is 4.59. The average molecular weight is 396 g/mol. The van der Waals surface area contributed by atoms with Crippen LogP contribution in [-0.4, -0.2) is 47.2 Å². The van der Waals surface area contributed by atoms with E-state index in [1.165, 1.54) is 0 Å². The number of nitrogens with one attached hydrogen (secondary N) is 2. The van der Waals surface area contributed by atoms with Crippen LogP contribution in [0.25, 0.3) is 10.6 Å². The van der Waals surface area contributed by atoms with Crippen molar-refractivity contribution in [3.8, 4) is 10.6 Å². The molecule has 1 aromatic carbocycles. The molecule has 2 aliphatic rings. The molecule has 2 fully saturated rings. The fourth-order valence-corrected chi connectivity index (χ4v) is 5.41. The van der Waals surface area contributed by atoms with Gasteiger partial charge in [-0.25, -0.2) is 4.98 Å². The van der Waals surface area contributed by atoms with Gasteiger partial charge in [0.25, 0.3) is 5.91 Å². The van der Waals surface area contributed by atoms with Gasteiger partial charge in [-0.1, -0.05) is 12.1 Å². The van der Waals surface area contributed by atoms with E-state index < -0.39 is 0 Å². The monoisotopic (exact) mass is 395 g/mol. The van der Waals surface area contributed by atoms with Gasteiger partial charge in [-0.15, -0.1) is 17.9 Å². The van der Waals surface area contributed by atoms with Gasteiger partial charge in [-0.2, -0.15) is 0 Å². The first-order valence-corrected chi connectivity index (χ1v) is 10.3. The minimum atomic E-state index is -0.377. The molecule has 0 bridgehead atoms. The Bertz CT molecular complexity index is 967. The maximum atomic E-state index is 12.7. The highest BCUT2D eigenvalue weighted by Crippen LogP contribution is 2.49. The average Bonchev–Trinajstić information content (AvgIpc) is 3.22.